The molecule has 0 aliphatic rings. The van der Waals surface area contributed by atoms with Crippen molar-refractivity contribution < 1.29 is 28.3 Å². The Kier molecular flexibility index (Phi) is 4.18. The molecule has 108 valence electrons. The molecule has 2 rings (SSSR count). The van der Waals surface area contributed by atoms with Crippen LogP contribution in [-0.2, 0) is 9.47 Å². The van der Waals surface area contributed by atoms with Gasteiger partial charge in [-0.25, -0.2) is 9.59 Å². The molecule has 0 radical (unpaired) electrons. The predicted octanol–water partition coefficient (Wildman–Crippen LogP) is 2.33. The molecule has 0 N–H and O–H groups in total. The third-order valence-corrected chi connectivity index (χ3v) is 2.87. The van der Waals surface area contributed by atoms with Crippen molar-refractivity contribution in [2.75, 3.05) is 14.2 Å². The highest BCUT2D eigenvalue weighted by Crippen LogP contribution is 2.33. The topological polar surface area (TPSA) is 82.8 Å². The van der Waals surface area contributed by atoms with Crippen LogP contribution in [0, 0.1) is 0 Å². The van der Waals surface area contributed by atoms with Crippen molar-refractivity contribution in [2.45, 2.75) is 0 Å². The first-order valence-corrected chi connectivity index (χ1v) is 5.98. The van der Waals surface area contributed by atoms with Gasteiger partial charge in [-0.05, 0) is 5.56 Å². The minimum atomic E-state index is -0.860. The molecule has 0 saturated heterocycles. The molecule has 6 nitrogen and oxygen atoms in total. The number of hydrogen-bond acceptors (Lipinski definition) is 6. The molecule has 1 heterocycles. The fourth-order valence-electron chi connectivity index (χ4n) is 1.96. The van der Waals surface area contributed by atoms with E-state index in [1.807, 2.05) is 0 Å². The van der Waals surface area contributed by atoms with Gasteiger partial charge in [0, 0.05) is 5.56 Å². The third kappa shape index (κ3) is 2.55. The highest BCUT2D eigenvalue weighted by molar-refractivity contribution is 6.09. The van der Waals surface area contributed by atoms with Crippen LogP contribution in [0.5, 0.6) is 0 Å². The highest BCUT2D eigenvalue weighted by Gasteiger charge is 2.31. The van der Waals surface area contributed by atoms with Gasteiger partial charge in [0.15, 0.2) is 12.0 Å². The summed E-state index contributed by atoms with van der Waals surface area (Å²) in [5.41, 5.74) is 0.634. The van der Waals surface area contributed by atoms with Crippen molar-refractivity contribution in [3.8, 4) is 11.1 Å². The van der Waals surface area contributed by atoms with Gasteiger partial charge < -0.3 is 13.9 Å². The van der Waals surface area contributed by atoms with Crippen molar-refractivity contribution in [1.82, 2.24) is 0 Å². The zero-order valence-corrected chi connectivity index (χ0v) is 11.4. The van der Waals surface area contributed by atoms with Crippen LogP contribution in [0.4, 0.5) is 0 Å². The number of ether oxygens (including phenoxy) is 2. The summed E-state index contributed by atoms with van der Waals surface area (Å²) in [6.45, 7) is 0. The third-order valence-electron chi connectivity index (χ3n) is 2.87. The van der Waals surface area contributed by atoms with E-state index < -0.39 is 11.9 Å². The van der Waals surface area contributed by atoms with Crippen LogP contribution in [0.25, 0.3) is 11.1 Å². The molecule has 0 spiro atoms. The average molecular weight is 288 g/mol. The van der Waals surface area contributed by atoms with E-state index >= 15 is 0 Å². The number of carbonyl (C=O) groups excluding carboxylic acids is 3. The quantitative estimate of drug-likeness (QED) is 0.634. The first-order valence-electron chi connectivity index (χ1n) is 5.98. The Labute approximate surface area is 120 Å². The van der Waals surface area contributed by atoms with E-state index in [9.17, 15) is 14.4 Å². The van der Waals surface area contributed by atoms with Gasteiger partial charge in [0.25, 0.3) is 0 Å². The summed E-state index contributed by atoms with van der Waals surface area (Å²) in [6, 6.07) is 8.62. The summed E-state index contributed by atoms with van der Waals surface area (Å²) in [4.78, 5) is 34.9. The summed E-state index contributed by atoms with van der Waals surface area (Å²) in [7, 11) is 2.32. The normalized spacial score (nSPS) is 10.0. The van der Waals surface area contributed by atoms with E-state index in [4.69, 9.17) is 4.42 Å². The summed E-state index contributed by atoms with van der Waals surface area (Å²) in [5, 5.41) is 0. The van der Waals surface area contributed by atoms with Crippen molar-refractivity contribution in [2.24, 2.45) is 0 Å². The van der Waals surface area contributed by atoms with Gasteiger partial charge in [-0.3, -0.25) is 4.79 Å². The lowest BCUT2D eigenvalue weighted by Crippen LogP contribution is -2.10. The first kappa shape index (κ1) is 14.5. The molecule has 0 bridgehead atoms. The molecule has 2 aromatic rings. The smallest absolute Gasteiger partial charge is 0.374 e. The molecule has 0 unspecified atom stereocenters. The summed E-state index contributed by atoms with van der Waals surface area (Å²) >= 11 is 0. The molecular weight excluding hydrogens is 276 g/mol. The molecule has 0 atom stereocenters. The number of carbonyl (C=O) groups is 3. The molecule has 1 aromatic heterocycles. The molecule has 0 amide bonds. The molecule has 1 aromatic carbocycles. The van der Waals surface area contributed by atoms with Crippen molar-refractivity contribution >= 4 is 18.2 Å². The van der Waals surface area contributed by atoms with Gasteiger partial charge >= 0.3 is 11.9 Å². The van der Waals surface area contributed by atoms with Gasteiger partial charge in [0.2, 0.25) is 5.76 Å². The van der Waals surface area contributed by atoms with Crippen LogP contribution >= 0.6 is 0 Å². The van der Waals surface area contributed by atoms with Crippen LogP contribution in [0.3, 0.4) is 0 Å². The SMILES string of the molecule is COC(=O)c1oc(C=O)c(-c2ccccc2)c1C(=O)OC. The lowest BCUT2D eigenvalue weighted by Gasteiger charge is -2.03. The van der Waals surface area contributed by atoms with E-state index in [0.29, 0.717) is 11.8 Å². The maximum atomic E-state index is 12.0. The number of furan rings is 1. The fourth-order valence-corrected chi connectivity index (χ4v) is 1.96. The van der Waals surface area contributed by atoms with E-state index in [1.54, 1.807) is 30.3 Å². The second kappa shape index (κ2) is 6.04. The first-order chi connectivity index (χ1) is 10.1. The molecule has 0 aliphatic carbocycles. The lowest BCUT2D eigenvalue weighted by atomic mass is 10.0. The fraction of sp³-hybridized carbons (Fsp3) is 0.133. The van der Waals surface area contributed by atoms with Crippen LogP contribution in [0.1, 0.15) is 31.5 Å². The largest absolute Gasteiger partial charge is 0.465 e. The van der Waals surface area contributed by atoms with Crippen molar-refractivity contribution in [3.05, 3.63) is 47.4 Å². The van der Waals surface area contributed by atoms with Crippen molar-refractivity contribution in [3.63, 3.8) is 0 Å². The van der Waals surface area contributed by atoms with Gasteiger partial charge in [-0.15, -0.1) is 0 Å². The Bertz CT molecular complexity index is 684. The standard InChI is InChI=1S/C15H12O6/c1-19-14(17)12-11(9-6-4-3-5-7-9)10(8-16)21-13(12)15(18)20-2/h3-8H,1-2H3. The van der Waals surface area contributed by atoms with E-state index in [0.717, 1.165) is 7.11 Å². The van der Waals surface area contributed by atoms with Crippen molar-refractivity contribution in [1.29, 1.82) is 0 Å². The molecule has 21 heavy (non-hydrogen) atoms. The average Bonchev–Trinajstić information content (AvgIpc) is 2.93. The Hall–Kier alpha value is -2.89. The Balaban J connectivity index is 2.78. The summed E-state index contributed by atoms with van der Waals surface area (Å²) in [5.74, 6) is -2.14. The number of benzene rings is 1. The van der Waals surface area contributed by atoms with Gasteiger partial charge in [0.1, 0.15) is 5.56 Å². The second-order valence-corrected chi connectivity index (χ2v) is 4.01. The molecule has 0 aliphatic heterocycles. The summed E-state index contributed by atoms with van der Waals surface area (Å²) < 4.78 is 14.4. The predicted molar refractivity (Wildman–Crippen MR) is 72.2 cm³/mol. The van der Waals surface area contributed by atoms with Crippen LogP contribution in [0.2, 0.25) is 0 Å². The second-order valence-electron chi connectivity index (χ2n) is 4.01. The molecule has 6 heteroatoms. The van der Waals surface area contributed by atoms with Crippen LogP contribution in [-0.4, -0.2) is 32.4 Å². The van der Waals surface area contributed by atoms with Gasteiger partial charge in [0.05, 0.1) is 14.2 Å². The highest BCUT2D eigenvalue weighted by atomic mass is 16.5. The van der Waals surface area contributed by atoms with Crippen LogP contribution < -0.4 is 0 Å². The van der Waals surface area contributed by atoms with E-state index in [-0.39, 0.29) is 22.6 Å². The number of methoxy groups -OCH3 is 2. The van der Waals surface area contributed by atoms with E-state index in [1.165, 1.54) is 7.11 Å². The Morgan fingerprint density at radius 2 is 1.67 bits per heavy atom. The number of esters is 2. The maximum Gasteiger partial charge on any atom is 0.374 e. The lowest BCUT2D eigenvalue weighted by molar-refractivity contribution is 0.0527. The number of aldehydes is 1. The van der Waals surface area contributed by atoms with E-state index in [2.05, 4.69) is 9.47 Å². The maximum absolute atomic E-state index is 12.0. The Morgan fingerprint density at radius 1 is 1.05 bits per heavy atom. The zero-order chi connectivity index (χ0) is 15.4. The minimum absolute atomic E-state index is 0.127. The number of hydrogen-bond donors (Lipinski definition) is 0. The summed E-state index contributed by atoms with van der Waals surface area (Å²) in [6.07, 6.45) is 0.432. The van der Waals surface area contributed by atoms with Gasteiger partial charge in [-0.2, -0.15) is 0 Å². The zero-order valence-electron chi connectivity index (χ0n) is 11.4. The molecule has 0 fully saturated rings. The minimum Gasteiger partial charge on any atom is -0.465 e. The molecule has 0 saturated carbocycles. The monoisotopic (exact) mass is 288 g/mol. The Morgan fingerprint density at radius 3 is 2.19 bits per heavy atom. The molecular formula is C15H12O6. The number of rotatable bonds is 4. The van der Waals surface area contributed by atoms with Crippen LogP contribution in [0.15, 0.2) is 34.7 Å². The van der Waals surface area contributed by atoms with Gasteiger partial charge in [-0.1, -0.05) is 30.3 Å².